The van der Waals surface area contributed by atoms with Crippen LogP contribution in [-0.4, -0.2) is 27.8 Å². The molecule has 0 amide bonds. The molecule has 0 saturated carbocycles. The lowest BCUT2D eigenvalue weighted by Crippen LogP contribution is -2.27. The summed E-state index contributed by atoms with van der Waals surface area (Å²) in [5, 5.41) is 11.8. The quantitative estimate of drug-likeness (QED) is 0.784. The van der Waals surface area contributed by atoms with Gasteiger partial charge in [0, 0.05) is 31.6 Å². The molecule has 0 aliphatic heterocycles. The molecule has 0 aliphatic rings. The molecule has 0 saturated heterocycles. The van der Waals surface area contributed by atoms with Crippen LogP contribution in [0, 0.1) is 5.92 Å². The smallest absolute Gasteiger partial charge is 0.293 e. The number of rotatable bonds is 6. The van der Waals surface area contributed by atoms with Crippen molar-refractivity contribution in [2.24, 2.45) is 5.92 Å². The van der Waals surface area contributed by atoms with E-state index in [1.807, 2.05) is 20.8 Å². The zero-order valence-electron chi connectivity index (χ0n) is 10.7. The first-order chi connectivity index (χ1) is 8.06. The molecule has 1 rings (SSSR count). The molecule has 1 aromatic rings. The topological polar surface area (TPSA) is 67.2 Å². The van der Waals surface area contributed by atoms with Gasteiger partial charge in [0.1, 0.15) is 0 Å². The van der Waals surface area contributed by atoms with Gasteiger partial charge in [0.25, 0.3) is 5.56 Å². The van der Waals surface area contributed by atoms with Crippen LogP contribution in [0.1, 0.15) is 33.2 Å². The van der Waals surface area contributed by atoms with Gasteiger partial charge in [-0.2, -0.15) is 0 Å². The second-order valence-electron chi connectivity index (χ2n) is 4.58. The summed E-state index contributed by atoms with van der Waals surface area (Å²) in [6.45, 7) is 6.75. The molecular formula is C12H21N3O2. The van der Waals surface area contributed by atoms with Gasteiger partial charge in [0.05, 0.1) is 0 Å². The lowest BCUT2D eigenvalue weighted by atomic mass is 10.1. The Morgan fingerprint density at radius 1 is 1.47 bits per heavy atom. The van der Waals surface area contributed by atoms with Crippen molar-refractivity contribution >= 4 is 5.82 Å². The summed E-state index contributed by atoms with van der Waals surface area (Å²) < 4.78 is 1.64. The van der Waals surface area contributed by atoms with Crippen LogP contribution in [0.3, 0.4) is 0 Å². The van der Waals surface area contributed by atoms with E-state index in [0.29, 0.717) is 18.3 Å². The summed E-state index contributed by atoms with van der Waals surface area (Å²) in [7, 11) is 0. The fraction of sp³-hybridized carbons (Fsp3) is 0.667. The highest BCUT2D eigenvalue weighted by Crippen LogP contribution is 2.04. The van der Waals surface area contributed by atoms with Crippen LogP contribution in [0.25, 0.3) is 0 Å². The molecule has 5 nitrogen and oxygen atoms in total. The van der Waals surface area contributed by atoms with Crippen LogP contribution in [0.15, 0.2) is 17.2 Å². The highest BCUT2D eigenvalue weighted by atomic mass is 16.3. The van der Waals surface area contributed by atoms with Gasteiger partial charge < -0.3 is 15.0 Å². The van der Waals surface area contributed by atoms with Crippen LogP contribution in [0.5, 0.6) is 0 Å². The van der Waals surface area contributed by atoms with Crippen molar-refractivity contribution in [3.63, 3.8) is 0 Å². The monoisotopic (exact) mass is 239 g/mol. The molecule has 5 heteroatoms. The number of hydrogen-bond donors (Lipinski definition) is 2. The van der Waals surface area contributed by atoms with Gasteiger partial charge >= 0.3 is 0 Å². The Bertz CT molecular complexity index is 401. The molecule has 96 valence electrons. The van der Waals surface area contributed by atoms with E-state index in [9.17, 15) is 4.79 Å². The van der Waals surface area contributed by atoms with Gasteiger partial charge in [0.2, 0.25) is 0 Å². The maximum atomic E-state index is 12.0. The Labute approximate surface area is 102 Å². The summed E-state index contributed by atoms with van der Waals surface area (Å²) in [4.78, 5) is 16.0. The molecular weight excluding hydrogens is 218 g/mol. The van der Waals surface area contributed by atoms with E-state index in [2.05, 4.69) is 10.3 Å². The van der Waals surface area contributed by atoms with Crippen LogP contribution in [-0.2, 0) is 0 Å². The molecule has 17 heavy (non-hydrogen) atoms. The predicted octanol–water partition coefficient (Wildman–Crippen LogP) is 1.25. The van der Waals surface area contributed by atoms with Gasteiger partial charge in [0.15, 0.2) is 5.82 Å². The van der Waals surface area contributed by atoms with Gasteiger partial charge in [-0.05, 0) is 26.2 Å². The molecule has 0 fully saturated rings. The van der Waals surface area contributed by atoms with Gasteiger partial charge in [-0.25, -0.2) is 4.98 Å². The fourth-order valence-corrected chi connectivity index (χ4v) is 1.55. The number of aliphatic hydroxyl groups excluding tert-OH is 1. The number of nitrogens with one attached hydrogen (secondary N) is 1. The van der Waals surface area contributed by atoms with E-state index < -0.39 is 0 Å². The van der Waals surface area contributed by atoms with Crippen molar-refractivity contribution in [1.82, 2.24) is 9.55 Å². The van der Waals surface area contributed by atoms with Gasteiger partial charge in [-0.15, -0.1) is 0 Å². The summed E-state index contributed by atoms with van der Waals surface area (Å²) in [5.74, 6) is 0.694. The molecule has 0 aromatic carbocycles. The predicted molar refractivity (Wildman–Crippen MR) is 68.2 cm³/mol. The van der Waals surface area contributed by atoms with Gasteiger partial charge in [-0.3, -0.25) is 4.79 Å². The third-order valence-electron chi connectivity index (χ3n) is 2.66. The van der Waals surface area contributed by atoms with Gasteiger partial charge in [-0.1, -0.05) is 6.92 Å². The molecule has 2 N–H and O–H groups in total. The van der Waals surface area contributed by atoms with E-state index in [-0.39, 0.29) is 18.2 Å². The van der Waals surface area contributed by atoms with Crippen LogP contribution < -0.4 is 10.9 Å². The number of aromatic nitrogens is 2. The maximum Gasteiger partial charge on any atom is 0.293 e. The van der Waals surface area contributed by atoms with Crippen LogP contribution in [0.2, 0.25) is 0 Å². The third kappa shape index (κ3) is 3.85. The Hall–Kier alpha value is -1.36. The minimum Gasteiger partial charge on any atom is -0.396 e. The summed E-state index contributed by atoms with van der Waals surface area (Å²) in [6, 6.07) is 0.126. The fourth-order valence-electron chi connectivity index (χ4n) is 1.55. The van der Waals surface area contributed by atoms with E-state index in [0.717, 1.165) is 6.42 Å². The SMILES string of the molecule is CC(CCO)CNc1nccn(C(C)C)c1=O. The summed E-state index contributed by atoms with van der Waals surface area (Å²) in [6.07, 6.45) is 4.04. The molecule has 0 aliphatic carbocycles. The molecule has 1 unspecified atom stereocenters. The van der Waals surface area contributed by atoms with Crippen molar-refractivity contribution in [3.8, 4) is 0 Å². The number of anilines is 1. The summed E-state index contributed by atoms with van der Waals surface area (Å²) in [5.41, 5.74) is -0.0984. The van der Waals surface area contributed by atoms with Crippen molar-refractivity contribution < 1.29 is 5.11 Å². The van der Waals surface area contributed by atoms with E-state index >= 15 is 0 Å². The number of hydrogen-bond acceptors (Lipinski definition) is 4. The molecule has 0 bridgehead atoms. The van der Waals surface area contributed by atoms with Crippen molar-refractivity contribution in [2.75, 3.05) is 18.5 Å². The largest absolute Gasteiger partial charge is 0.396 e. The number of nitrogens with zero attached hydrogens (tertiary/aromatic N) is 2. The first-order valence-electron chi connectivity index (χ1n) is 5.98. The van der Waals surface area contributed by atoms with E-state index in [1.165, 1.54) is 0 Å². The lowest BCUT2D eigenvalue weighted by Gasteiger charge is -2.14. The summed E-state index contributed by atoms with van der Waals surface area (Å²) >= 11 is 0. The first-order valence-corrected chi connectivity index (χ1v) is 5.98. The van der Waals surface area contributed by atoms with Crippen LogP contribution in [0.4, 0.5) is 5.82 Å². The highest BCUT2D eigenvalue weighted by Gasteiger charge is 2.08. The Morgan fingerprint density at radius 3 is 2.76 bits per heavy atom. The standard InChI is InChI=1S/C12H21N3O2/c1-9(2)15-6-5-13-11(12(15)17)14-8-10(3)4-7-16/h5-6,9-10,16H,4,7-8H2,1-3H3,(H,13,14). The van der Waals surface area contributed by atoms with Crippen molar-refractivity contribution in [2.45, 2.75) is 33.2 Å². The second-order valence-corrected chi connectivity index (χ2v) is 4.58. The lowest BCUT2D eigenvalue weighted by molar-refractivity contribution is 0.266. The van der Waals surface area contributed by atoms with Crippen LogP contribution >= 0.6 is 0 Å². The van der Waals surface area contributed by atoms with E-state index in [4.69, 9.17) is 5.11 Å². The minimum atomic E-state index is -0.0984. The molecule has 1 atom stereocenters. The third-order valence-corrected chi connectivity index (χ3v) is 2.66. The normalized spacial score (nSPS) is 12.8. The Morgan fingerprint density at radius 2 is 2.18 bits per heavy atom. The zero-order chi connectivity index (χ0) is 12.8. The average Bonchev–Trinajstić information content (AvgIpc) is 2.27. The van der Waals surface area contributed by atoms with Crippen molar-refractivity contribution in [1.29, 1.82) is 0 Å². The maximum absolute atomic E-state index is 12.0. The first kappa shape index (κ1) is 13.7. The molecule has 1 heterocycles. The molecule has 0 spiro atoms. The number of aliphatic hydroxyl groups is 1. The Balaban J connectivity index is 2.72. The molecule has 0 radical (unpaired) electrons. The highest BCUT2D eigenvalue weighted by molar-refractivity contribution is 5.30. The average molecular weight is 239 g/mol. The van der Waals surface area contributed by atoms with Crippen molar-refractivity contribution in [3.05, 3.63) is 22.7 Å². The molecule has 1 aromatic heterocycles. The second kappa shape index (κ2) is 6.39. The minimum absolute atomic E-state index is 0.0984. The Kier molecular flexibility index (Phi) is 5.15. The zero-order valence-corrected chi connectivity index (χ0v) is 10.7. The van der Waals surface area contributed by atoms with E-state index in [1.54, 1.807) is 17.0 Å².